The van der Waals surface area contributed by atoms with E-state index in [2.05, 4.69) is 9.97 Å². The predicted octanol–water partition coefficient (Wildman–Crippen LogP) is 2.21. The number of halogens is 1. The maximum absolute atomic E-state index is 14.4. The summed E-state index contributed by atoms with van der Waals surface area (Å²) in [7, 11) is 0. The minimum Gasteiger partial charge on any atom is -0.399 e. The Morgan fingerprint density at radius 3 is 2.81 bits per heavy atom. The van der Waals surface area contributed by atoms with Gasteiger partial charge in [-0.3, -0.25) is 0 Å². The summed E-state index contributed by atoms with van der Waals surface area (Å²) < 4.78 is 16.2. The number of benzene rings is 1. The van der Waals surface area contributed by atoms with E-state index in [1.54, 1.807) is 12.1 Å². The Kier molecular flexibility index (Phi) is 2.42. The number of nitrogens with zero attached hydrogens (tertiary/aromatic N) is 3. The van der Waals surface area contributed by atoms with Crippen LogP contribution in [-0.2, 0) is 12.8 Å². The van der Waals surface area contributed by atoms with Crippen LogP contribution in [0.1, 0.15) is 17.7 Å². The van der Waals surface area contributed by atoms with Gasteiger partial charge in [-0.05, 0) is 43.0 Å². The Hall–Kier alpha value is -2.63. The fraction of sp³-hybridized carbons (Fsp3) is 0.200. The molecule has 2 heterocycles. The largest absolute Gasteiger partial charge is 0.399 e. The molecule has 0 unspecified atom stereocenters. The molecule has 0 saturated carbocycles. The molecule has 3 aromatic rings. The monoisotopic (exact) mass is 283 g/mol. The maximum Gasteiger partial charge on any atom is 0.151 e. The molecule has 0 saturated heterocycles. The molecule has 5 nitrogen and oxygen atoms in total. The van der Waals surface area contributed by atoms with Gasteiger partial charge in [0.15, 0.2) is 5.82 Å². The molecule has 0 radical (unpaired) electrons. The van der Waals surface area contributed by atoms with E-state index in [-0.39, 0.29) is 5.82 Å². The number of nitrogens with two attached hydrogens (primary N) is 2. The van der Waals surface area contributed by atoms with Crippen molar-refractivity contribution < 1.29 is 4.39 Å². The first-order chi connectivity index (χ1) is 10.2. The van der Waals surface area contributed by atoms with Crippen molar-refractivity contribution in [2.24, 2.45) is 0 Å². The van der Waals surface area contributed by atoms with Gasteiger partial charge >= 0.3 is 0 Å². The molecule has 0 spiro atoms. The molecular formula is C15H14FN5. The van der Waals surface area contributed by atoms with E-state index in [1.807, 2.05) is 4.57 Å². The topological polar surface area (TPSA) is 82.8 Å². The van der Waals surface area contributed by atoms with Crippen LogP contribution in [0.25, 0.3) is 16.7 Å². The van der Waals surface area contributed by atoms with Gasteiger partial charge in [0.05, 0.1) is 11.2 Å². The number of aromatic nitrogens is 3. The van der Waals surface area contributed by atoms with Crippen molar-refractivity contribution >= 4 is 22.5 Å². The lowest BCUT2D eigenvalue weighted by atomic mass is 10.2. The fourth-order valence-electron chi connectivity index (χ4n) is 3.17. The van der Waals surface area contributed by atoms with E-state index in [0.29, 0.717) is 22.7 Å². The van der Waals surface area contributed by atoms with E-state index in [1.165, 1.54) is 12.4 Å². The number of hydrogen-bond donors (Lipinski definition) is 2. The molecule has 4 N–H and O–H groups in total. The van der Waals surface area contributed by atoms with E-state index in [9.17, 15) is 4.39 Å². The minimum absolute atomic E-state index is 0.366. The Morgan fingerprint density at radius 2 is 2.00 bits per heavy atom. The fourth-order valence-corrected chi connectivity index (χ4v) is 3.17. The van der Waals surface area contributed by atoms with Crippen LogP contribution in [0.2, 0.25) is 0 Å². The van der Waals surface area contributed by atoms with Gasteiger partial charge in [0, 0.05) is 11.4 Å². The van der Waals surface area contributed by atoms with Gasteiger partial charge in [-0.1, -0.05) is 0 Å². The SMILES string of the molecule is Nc1ccc(-n2c3c(c4ncnc(N)c42)CCC3)c(F)c1. The molecule has 0 bridgehead atoms. The molecule has 0 amide bonds. The van der Waals surface area contributed by atoms with Gasteiger partial charge in [0.2, 0.25) is 0 Å². The molecule has 1 aliphatic rings. The van der Waals surface area contributed by atoms with Gasteiger partial charge in [-0.2, -0.15) is 0 Å². The average Bonchev–Trinajstić information content (AvgIpc) is 3.01. The highest BCUT2D eigenvalue weighted by molar-refractivity contribution is 5.91. The van der Waals surface area contributed by atoms with E-state index in [0.717, 1.165) is 36.0 Å². The second-order valence-corrected chi connectivity index (χ2v) is 5.28. The zero-order chi connectivity index (χ0) is 14.6. The molecule has 1 aromatic carbocycles. The zero-order valence-electron chi connectivity index (χ0n) is 11.3. The van der Waals surface area contributed by atoms with Crippen molar-refractivity contribution in [2.45, 2.75) is 19.3 Å². The summed E-state index contributed by atoms with van der Waals surface area (Å²) >= 11 is 0. The van der Waals surface area contributed by atoms with Crippen LogP contribution in [0, 0.1) is 5.82 Å². The van der Waals surface area contributed by atoms with E-state index in [4.69, 9.17) is 11.5 Å². The number of anilines is 2. The smallest absolute Gasteiger partial charge is 0.151 e. The van der Waals surface area contributed by atoms with Gasteiger partial charge in [-0.25, -0.2) is 14.4 Å². The van der Waals surface area contributed by atoms with Crippen LogP contribution < -0.4 is 11.5 Å². The molecular weight excluding hydrogens is 269 g/mol. The summed E-state index contributed by atoms with van der Waals surface area (Å²) in [5.41, 5.74) is 16.2. The van der Waals surface area contributed by atoms with Crippen LogP contribution in [-0.4, -0.2) is 14.5 Å². The third-order valence-electron chi connectivity index (χ3n) is 4.03. The first-order valence-electron chi connectivity index (χ1n) is 6.85. The van der Waals surface area contributed by atoms with Gasteiger partial charge in [0.25, 0.3) is 0 Å². The zero-order valence-corrected chi connectivity index (χ0v) is 11.3. The molecule has 6 heteroatoms. The minimum atomic E-state index is -0.371. The van der Waals surface area contributed by atoms with Gasteiger partial charge in [0.1, 0.15) is 17.7 Å². The molecule has 106 valence electrons. The highest BCUT2D eigenvalue weighted by Gasteiger charge is 2.26. The van der Waals surface area contributed by atoms with Crippen LogP contribution >= 0.6 is 0 Å². The summed E-state index contributed by atoms with van der Waals surface area (Å²) in [6, 6.07) is 4.68. The van der Waals surface area contributed by atoms with E-state index < -0.39 is 0 Å². The molecule has 1 aliphatic carbocycles. The average molecular weight is 283 g/mol. The lowest BCUT2D eigenvalue weighted by molar-refractivity contribution is 0.618. The molecule has 0 atom stereocenters. The molecule has 2 aromatic heterocycles. The molecule has 0 fully saturated rings. The number of fused-ring (bicyclic) bond motifs is 3. The second kappa shape index (κ2) is 4.18. The highest BCUT2D eigenvalue weighted by atomic mass is 19.1. The van der Waals surface area contributed by atoms with Gasteiger partial charge in [-0.15, -0.1) is 0 Å². The van der Waals surface area contributed by atoms with Crippen LogP contribution in [0.3, 0.4) is 0 Å². The number of nitrogen functional groups attached to an aromatic ring is 2. The normalized spacial score (nSPS) is 13.8. The molecule has 4 rings (SSSR count). The van der Waals surface area contributed by atoms with Crippen LogP contribution in [0.15, 0.2) is 24.5 Å². The number of hydrogen-bond acceptors (Lipinski definition) is 4. The Labute approximate surface area is 120 Å². The maximum atomic E-state index is 14.4. The second-order valence-electron chi connectivity index (χ2n) is 5.28. The summed E-state index contributed by atoms with van der Waals surface area (Å²) in [4.78, 5) is 8.40. The van der Waals surface area contributed by atoms with Crippen LogP contribution in [0.4, 0.5) is 15.9 Å². The Balaban J connectivity index is 2.13. The van der Waals surface area contributed by atoms with Crippen molar-refractivity contribution in [2.75, 3.05) is 11.5 Å². The first-order valence-corrected chi connectivity index (χ1v) is 6.85. The molecule has 0 aliphatic heterocycles. The van der Waals surface area contributed by atoms with Gasteiger partial charge < -0.3 is 16.0 Å². The summed E-state index contributed by atoms with van der Waals surface area (Å²) in [6.45, 7) is 0. The van der Waals surface area contributed by atoms with Crippen molar-refractivity contribution in [1.29, 1.82) is 0 Å². The highest BCUT2D eigenvalue weighted by Crippen LogP contribution is 2.36. The first kappa shape index (κ1) is 12.1. The lowest BCUT2D eigenvalue weighted by Gasteiger charge is -2.11. The number of aryl methyl sites for hydroxylation is 1. The molecule has 21 heavy (non-hydrogen) atoms. The van der Waals surface area contributed by atoms with Crippen molar-refractivity contribution in [3.8, 4) is 5.69 Å². The summed E-state index contributed by atoms with van der Waals surface area (Å²) in [6.07, 6.45) is 4.32. The third-order valence-corrected chi connectivity index (χ3v) is 4.03. The van der Waals surface area contributed by atoms with Crippen molar-refractivity contribution in [3.05, 3.63) is 41.6 Å². The predicted molar refractivity (Wildman–Crippen MR) is 79.7 cm³/mol. The Bertz CT molecular complexity index is 868. The summed E-state index contributed by atoms with van der Waals surface area (Å²) in [5.74, 6) is -0.00419. The quantitative estimate of drug-likeness (QED) is 0.671. The lowest BCUT2D eigenvalue weighted by Crippen LogP contribution is -2.05. The standard InChI is InChI=1S/C15H14FN5/c16-10-6-8(17)4-5-12(10)21-11-3-1-2-9(11)13-14(21)15(18)20-7-19-13/h4-7H,1-3,17H2,(H2,18,19,20). The van der Waals surface area contributed by atoms with E-state index >= 15 is 0 Å². The van der Waals surface area contributed by atoms with Crippen molar-refractivity contribution in [1.82, 2.24) is 14.5 Å². The van der Waals surface area contributed by atoms with Crippen LogP contribution in [0.5, 0.6) is 0 Å². The third kappa shape index (κ3) is 1.62. The Morgan fingerprint density at radius 1 is 1.14 bits per heavy atom. The summed E-state index contributed by atoms with van der Waals surface area (Å²) in [5, 5.41) is 0. The number of rotatable bonds is 1. The van der Waals surface area contributed by atoms with Crippen molar-refractivity contribution in [3.63, 3.8) is 0 Å².